The fraction of sp³-hybridized carbons (Fsp3) is 0.500. The maximum atomic E-state index is 13.6. The van der Waals surface area contributed by atoms with Crippen LogP contribution in [0.25, 0.3) is 0 Å². The van der Waals surface area contributed by atoms with Gasteiger partial charge in [-0.2, -0.15) is 0 Å². The first-order valence-electron chi connectivity index (χ1n) is 13.4. The molecule has 4 aliphatic rings. The van der Waals surface area contributed by atoms with Crippen molar-refractivity contribution in [1.82, 2.24) is 14.8 Å². The minimum Gasteiger partial charge on any atom is -0.383 e. The quantitative estimate of drug-likeness (QED) is 0.521. The molecule has 38 heavy (non-hydrogen) atoms. The van der Waals surface area contributed by atoms with Crippen LogP contribution in [0.5, 0.6) is 0 Å². The lowest BCUT2D eigenvalue weighted by atomic mass is 9.73. The minimum atomic E-state index is -0.699. The number of nitrogens with one attached hydrogen (secondary N) is 2. The van der Waals surface area contributed by atoms with Crippen molar-refractivity contribution in [2.24, 2.45) is 5.92 Å². The number of anilines is 3. The van der Waals surface area contributed by atoms with Gasteiger partial charge in [-0.1, -0.05) is 19.1 Å². The third-order valence-electron chi connectivity index (χ3n) is 8.81. The number of nitrogen functional groups attached to an aromatic ring is 1. The zero-order valence-electron chi connectivity index (χ0n) is 21.9. The topological polar surface area (TPSA) is 130 Å². The number of fused-ring (bicyclic) bond motifs is 3. The van der Waals surface area contributed by atoms with Gasteiger partial charge in [-0.3, -0.25) is 14.4 Å². The number of rotatable bonds is 2. The molecule has 1 aromatic carbocycles. The molecule has 2 unspecified atom stereocenters. The molecule has 2 saturated heterocycles. The number of nitrogens with zero attached hydrogens (tertiary/aromatic N) is 3. The molecule has 0 aliphatic carbocycles. The molecule has 4 N–H and O–H groups in total. The predicted molar refractivity (Wildman–Crippen MR) is 142 cm³/mol. The molecule has 2 atom stereocenters. The van der Waals surface area contributed by atoms with Gasteiger partial charge in [0.15, 0.2) is 0 Å². The summed E-state index contributed by atoms with van der Waals surface area (Å²) in [6.07, 6.45) is 4.72. The lowest BCUT2D eigenvalue weighted by Crippen LogP contribution is -2.47. The Labute approximate surface area is 221 Å². The van der Waals surface area contributed by atoms with Crippen molar-refractivity contribution in [3.63, 3.8) is 0 Å². The zero-order valence-corrected chi connectivity index (χ0v) is 21.9. The van der Waals surface area contributed by atoms with Crippen LogP contribution in [0.4, 0.5) is 17.2 Å². The molecule has 3 amide bonds. The number of carbonyl (C=O) groups is 3. The number of nitrogens with two attached hydrogens (primary N) is 1. The summed E-state index contributed by atoms with van der Waals surface area (Å²) < 4.78 is 5.48. The highest BCUT2D eigenvalue weighted by atomic mass is 16.5. The molecule has 200 valence electrons. The number of aromatic nitrogens is 1. The van der Waals surface area contributed by atoms with Crippen molar-refractivity contribution in [2.75, 3.05) is 43.0 Å². The van der Waals surface area contributed by atoms with E-state index in [0.717, 1.165) is 66.7 Å². The number of carbonyl (C=O) groups excluding carboxylic acids is 3. The molecule has 1 spiro atoms. The van der Waals surface area contributed by atoms with E-state index in [1.54, 1.807) is 4.90 Å². The molecule has 6 rings (SSSR count). The van der Waals surface area contributed by atoms with E-state index in [0.29, 0.717) is 31.3 Å². The average molecular weight is 519 g/mol. The molecular weight excluding hydrogens is 484 g/mol. The van der Waals surface area contributed by atoms with E-state index in [-0.39, 0.29) is 17.9 Å². The summed E-state index contributed by atoms with van der Waals surface area (Å²) in [6.45, 7) is 4.96. The van der Waals surface area contributed by atoms with Crippen LogP contribution in [0.2, 0.25) is 0 Å². The van der Waals surface area contributed by atoms with E-state index in [9.17, 15) is 14.4 Å². The van der Waals surface area contributed by atoms with Gasteiger partial charge in [0.05, 0.1) is 36.6 Å². The predicted octanol–water partition coefficient (Wildman–Crippen LogP) is 2.55. The summed E-state index contributed by atoms with van der Waals surface area (Å²) in [6, 6.07) is 5.80. The first kappa shape index (κ1) is 24.8. The van der Waals surface area contributed by atoms with Crippen molar-refractivity contribution in [3.8, 4) is 0 Å². The molecule has 4 aliphatic heterocycles. The number of pyridine rings is 1. The fourth-order valence-electron chi connectivity index (χ4n) is 6.46. The molecule has 1 aromatic heterocycles. The fourth-order valence-corrected chi connectivity index (χ4v) is 6.46. The van der Waals surface area contributed by atoms with Gasteiger partial charge in [0.25, 0.3) is 0 Å². The van der Waals surface area contributed by atoms with E-state index >= 15 is 0 Å². The third-order valence-corrected chi connectivity index (χ3v) is 8.81. The standard InChI is InChI=1S/C28H34N6O4/c1-16-3-6-23(17-4-5-21-20(11-17)28(27(37)32-21)7-9-33(2)10-8-28)34(13-16)26(36)25(35)31-22-12-30-24(29)19-15-38-14-18(19)22/h4-5,11-12,16,23H,3,6-10,13-15H2,1-2H3,(H2,29,30)(H,31,35)(H,32,37). The Morgan fingerprint density at radius 1 is 1.18 bits per heavy atom. The highest BCUT2D eigenvalue weighted by Crippen LogP contribution is 2.46. The Kier molecular flexibility index (Phi) is 6.11. The van der Waals surface area contributed by atoms with Crippen LogP contribution in [0, 0.1) is 5.92 Å². The van der Waals surface area contributed by atoms with Crippen LogP contribution < -0.4 is 16.4 Å². The highest BCUT2D eigenvalue weighted by molar-refractivity contribution is 6.39. The molecule has 0 bridgehead atoms. The second kappa shape index (κ2) is 9.36. The second-order valence-corrected chi connectivity index (χ2v) is 11.3. The van der Waals surface area contributed by atoms with Gasteiger partial charge in [0, 0.05) is 23.4 Å². The molecule has 0 saturated carbocycles. The number of hydrogen-bond acceptors (Lipinski definition) is 7. The van der Waals surface area contributed by atoms with Gasteiger partial charge in [-0.15, -0.1) is 0 Å². The van der Waals surface area contributed by atoms with Crippen LogP contribution in [0.1, 0.15) is 60.9 Å². The molecule has 5 heterocycles. The smallest absolute Gasteiger partial charge is 0.313 e. The summed E-state index contributed by atoms with van der Waals surface area (Å²) in [7, 11) is 2.08. The normalized spacial score (nSPS) is 24.2. The van der Waals surface area contributed by atoms with Crippen molar-refractivity contribution in [2.45, 2.75) is 57.3 Å². The Bertz CT molecular complexity index is 1320. The number of hydrogen-bond donors (Lipinski definition) is 3. The van der Waals surface area contributed by atoms with Crippen molar-refractivity contribution in [1.29, 1.82) is 0 Å². The first-order valence-corrected chi connectivity index (χ1v) is 13.4. The Morgan fingerprint density at radius 3 is 2.74 bits per heavy atom. The van der Waals surface area contributed by atoms with Gasteiger partial charge in [-0.25, -0.2) is 4.98 Å². The number of ether oxygens (including phenoxy) is 1. The Hall–Kier alpha value is -3.50. The Balaban J connectivity index is 1.27. The van der Waals surface area contributed by atoms with Crippen molar-refractivity contribution in [3.05, 3.63) is 46.6 Å². The summed E-state index contributed by atoms with van der Waals surface area (Å²) in [5, 5.41) is 5.85. The number of amides is 3. The second-order valence-electron chi connectivity index (χ2n) is 11.3. The SMILES string of the molecule is CC1CCC(c2ccc3c(c2)C2(CCN(C)CC2)C(=O)N3)N(C(=O)C(=O)Nc2cnc(N)c3c2COC3)C1. The highest BCUT2D eigenvalue weighted by Gasteiger charge is 2.48. The van der Waals surface area contributed by atoms with Crippen molar-refractivity contribution < 1.29 is 19.1 Å². The molecule has 10 nitrogen and oxygen atoms in total. The van der Waals surface area contributed by atoms with Crippen LogP contribution in [-0.2, 0) is 37.7 Å². The summed E-state index contributed by atoms with van der Waals surface area (Å²) in [5.41, 5.74) is 10.2. The summed E-state index contributed by atoms with van der Waals surface area (Å²) in [5.74, 6) is -0.560. The maximum Gasteiger partial charge on any atom is 0.313 e. The molecule has 2 aromatic rings. The van der Waals surface area contributed by atoms with E-state index in [4.69, 9.17) is 10.5 Å². The zero-order chi connectivity index (χ0) is 26.6. The van der Waals surface area contributed by atoms with E-state index in [2.05, 4.69) is 40.6 Å². The lowest BCUT2D eigenvalue weighted by molar-refractivity contribution is -0.146. The monoisotopic (exact) mass is 518 g/mol. The van der Waals surface area contributed by atoms with Gasteiger partial charge in [-0.05, 0) is 68.9 Å². The number of benzene rings is 1. The van der Waals surface area contributed by atoms with E-state index in [1.807, 2.05) is 12.1 Å². The number of likely N-dealkylation sites (tertiary alicyclic amines) is 2. The summed E-state index contributed by atoms with van der Waals surface area (Å²) in [4.78, 5) is 48.0. The maximum absolute atomic E-state index is 13.6. The molecular formula is C28H34N6O4. The van der Waals surface area contributed by atoms with Crippen LogP contribution in [0.3, 0.4) is 0 Å². The number of piperidine rings is 2. The van der Waals surface area contributed by atoms with Crippen molar-refractivity contribution >= 4 is 34.9 Å². The molecule has 2 fully saturated rings. The summed E-state index contributed by atoms with van der Waals surface area (Å²) >= 11 is 0. The molecule has 10 heteroatoms. The van der Waals surface area contributed by atoms with Gasteiger partial charge < -0.3 is 30.9 Å². The van der Waals surface area contributed by atoms with Gasteiger partial charge in [0.1, 0.15) is 5.82 Å². The van der Waals surface area contributed by atoms with Crippen LogP contribution in [-0.4, -0.2) is 59.2 Å². The van der Waals surface area contributed by atoms with Gasteiger partial charge in [0.2, 0.25) is 5.91 Å². The van der Waals surface area contributed by atoms with Gasteiger partial charge >= 0.3 is 11.8 Å². The minimum absolute atomic E-state index is 0.0657. The largest absolute Gasteiger partial charge is 0.383 e. The van der Waals surface area contributed by atoms with Crippen LogP contribution >= 0.6 is 0 Å². The van der Waals surface area contributed by atoms with Crippen LogP contribution in [0.15, 0.2) is 24.4 Å². The van der Waals surface area contributed by atoms with E-state index < -0.39 is 17.2 Å². The first-order chi connectivity index (χ1) is 18.3. The average Bonchev–Trinajstić information content (AvgIpc) is 3.51. The Morgan fingerprint density at radius 2 is 1.95 bits per heavy atom. The third kappa shape index (κ3) is 4.03. The van der Waals surface area contributed by atoms with E-state index in [1.165, 1.54) is 6.20 Å². The molecule has 0 radical (unpaired) electrons. The lowest BCUT2D eigenvalue weighted by Gasteiger charge is -2.39.